The highest BCUT2D eigenvalue weighted by atomic mass is 32.1. The van der Waals surface area contributed by atoms with Crippen LogP contribution in [0.1, 0.15) is 29.4 Å². The zero-order valence-electron chi connectivity index (χ0n) is 12.0. The molecule has 1 fully saturated rings. The summed E-state index contributed by atoms with van der Waals surface area (Å²) in [6, 6.07) is 9.44. The Morgan fingerprint density at radius 3 is 2.67 bits per heavy atom. The molecule has 21 heavy (non-hydrogen) atoms. The first-order chi connectivity index (χ1) is 10.1. The SMILES string of the molecule is COC(=O)C(C)N(C(=O)c1cc2ccccc2s1)C1CC1. The van der Waals surface area contributed by atoms with E-state index in [1.165, 1.54) is 18.4 Å². The number of hydrogen-bond acceptors (Lipinski definition) is 4. The molecular formula is C16H17NO3S. The summed E-state index contributed by atoms with van der Waals surface area (Å²) in [6.45, 7) is 1.73. The molecule has 1 atom stereocenters. The second-order valence-corrected chi connectivity index (χ2v) is 6.37. The van der Waals surface area contributed by atoms with Gasteiger partial charge in [-0.25, -0.2) is 4.79 Å². The number of benzene rings is 1. The first-order valence-electron chi connectivity index (χ1n) is 7.01. The van der Waals surface area contributed by atoms with Crippen molar-refractivity contribution in [2.24, 2.45) is 0 Å². The van der Waals surface area contributed by atoms with E-state index in [0.29, 0.717) is 4.88 Å². The van der Waals surface area contributed by atoms with E-state index in [4.69, 9.17) is 4.74 Å². The van der Waals surface area contributed by atoms with Crippen LogP contribution in [-0.2, 0) is 9.53 Å². The lowest BCUT2D eigenvalue weighted by Crippen LogP contribution is -2.45. The molecule has 0 N–H and O–H groups in total. The van der Waals surface area contributed by atoms with E-state index < -0.39 is 6.04 Å². The number of ether oxygens (including phenoxy) is 1. The monoisotopic (exact) mass is 303 g/mol. The van der Waals surface area contributed by atoms with Crippen LogP contribution in [0.2, 0.25) is 0 Å². The van der Waals surface area contributed by atoms with Crippen molar-refractivity contribution in [2.75, 3.05) is 7.11 Å². The van der Waals surface area contributed by atoms with Crippen LogP contribution in [0.3, 0.4) is 0 Å². The van der Waals surface area contributed by atoms with Gasteiger partial charge in [-0.1, -0.05) is 18.2 Å². The highest BCUT2D eigenvalue weighted by Crippen LogP contribution is 2.33. The molecule has 1 aliphatic rings. The van der Waals surface area contributed by atoms with Crippen LogP contribution >= 0.6 is 11.3 Å². The maximum absolute atomic E-state index is 12.8. The van der Waals surface area contributed by atoms with Crippen LogP contribution in [0.15, 0.2) is 30.3 Å². The lowest BCUT2D eigenvalue weighted by Gasteiger charge is -2.26. The van der Waals surface area contributed by atoms with E-state index >= 15 is 0 Å². The molecule has 4 nitrogen and oxygen atoms in total. The van der Waals surface area contributed by atoms with Crippen molar-refractivity contribution in [3.05, 3.63) is 35.2 Å². The van der Waals surface area contributed by atoms with Crippen molar-refractivity contribution >= 4 is 33.3 Å². The Labute approximate surface area is 127 Å². The summed E-state index contributed by atoms with van der Waals surface area (Å²) in [5, 5.41) is 1.06. The zero-order valence-corrected chi connectivity index (χ0v) is 12.9. The number of amides is 1. The van der Waals surface area contributed by atoms with Crippen molar-refractivity contribution in [2.45, 2.75) is 31.8 Å². The van der Waals surface area contributed by atoms with Crippen LogP contribution in [0, 0.1) is 0 Å². The van der Waals surface area contributed by atoms with Gasteiger partial charge in [-0.3, -0.25) is 4.79 Å². The Kier molecular flexibility index (Phi) is 3.68. The zero-order chi connectivity index (χ0) is 15.0. The predicted octanol–water partition coefficient (Wildman–Crippen LogP) is 3.07. The maximum atomic E-state index is 12.8. The number of thiophene rings is 1. The van der Waals surface area contributed by atoms with Gasteiger partial charge in [0, 0.05) is 10.7 Å². The minimum absolute atomic E-state index is 0.0726. The number of rotatable bonds is 4. The van der Waals surface area contributed by atoms with Crippen molar-refractivity contribution in [3.8, 4) is 0 Å². The first kappa shape index (κ1) is 14.1. The normalized spacial score (nSPS) is 15.7. The molecule has 1 heterocycles. The molecule has 1 aliphatic carbocycles. The topological polar surface area (TPSA) is 46.6 Å². The van der Waals surface area contributed by atoms with Gasteiger partial charge in [0.2, 0.25) is 0 Å². The number of nitrogens with zero attached hydrogens (tertiary/aromatic N) is 1. The van der Waals surface area contributed by atoms with Gasteiger partial charge in [-0.05, 0) is 37.3 Å². The third-order valence-corrected chi connectivity index (χ3v) is 4.87. The van der Waals surface area contributed by atoms with Crippen LogP contribution in [-0.4, -0.2) is 36.0 Å². The van der Waals surface area contributed by atoms with Gasteiger partial charge in [-0.15, -0.1) is 11.3 Å². The maximum Gasteiger partial charge on any atom is 0.328 e. The van der Waals surface area contributed by atoms with Gasteiger partial charge >= 0.3 is 5.97 Å². The molecule has 1 amide bonds. The summed E-state index contributed by atoms with van der Waals surface area (Å²) in [7, 11) is 1.35. The number of fused-ring (bicyclic) bond motifs is 1. The van der Waals surface area contributed by atoms with Gasteiger partial charge in [0.05, 0.1) is 12.0 Å². The van der Waals surface area contributed by atoms with E-state index in [2.05, 4.69) is 0 Å². The van der Waals surface area contributed by atoms with E-state index in [1.54, 1.807) is 11.8 Å². The number of esters is 1. The minimum Gasteiger partial charge on any atom is -0.467 e. The summed E-state index contributed by atoms with van der Waals surface area (Å²) >= 11 is 1.47. The summed E-state index contributed by atoms with van der Waals surface area (Å²) in [5.74, 6) is -0.437. The molecular weight excluding hydrogens is 286 g/mol. The summed E-state index contributed by atoms with van der Waals surface area (Å²) in [6.07, 6.45) is 1.91. The molecule has 0 bridgehead atoms. The van der Waals surface area contributed by atoms with Crippen molar-refractivity contribution in [3.63, 3.8) is 0 Å². The Balaban J connectivity index is 1.92. The Bertz CT molecular complexity index is 657. The standard InChI is InChI=1S/C16H17NO3S/c1-10(16(19)20-2)17(12-7-8-12)15(18)14-9-11-5-3-4-6-13(11)21-14/h3-6,9-10,12H,7-8H2,1-2H3. The van der Waals surface area contributed by atoms with E-state index in [0.717, 1.165) is 22.9 Å². The first-order valence-corrected chi connectivity index (χ1v) is 7.82. The Hall–Kier alpha value is -1.88. The third kappa shape index (κ3) is 2.65. The van der Waals surface area contributed by atoms with Crippen molar-refractivity contribution < 1.29 is 14.3 Å². The molecule has 1 saturated carbocycles. The van der Waals surface area contributed by atoms with E-state index in [9.17, 15) is 9.59 Å². The van der Waals surface area contributed by atoms with Gasteiger partial charge < -0.3 is 9.64 Å². The van der Waals surface area contributed by atoms with Gasteiger partial charge in [0.15, 0.2) is 0 Å². The summed E-state index contributed by atoms with van der Waals surface area (Å²) < 4.78 is 5.87. The molecule has 3 rings (SSSR count). The largest absolute Gasteiger partial charge is 0.467 e. The molecule has 110 valence electrons. The molecule has 1 aromatic heterocycles. The van der Waals surface area contributed by atoms with Crippen LogP contribution in [0.5, 0.6) is 0 Å². The lowest BCUT2D eigenvalue weighted by molar-refractivity contribution is -0.145. The molecule has 0 radical (unpaired) electrons. The summed E-state index contributed by atoms with van der Waals surface area (Å²) in [4.78, 5) is 26.9. The summed E-state index contributed by atoms with van der Waals surface area (Å²) in [5.41, 5.74) is 0. The lowest BCUT2D eigenvalue weighted by atomic mass is 10.2. The number of methoxy groups -OCH3 is 1. The van der Waals surface area contributed by atoms with E-state index in [1.807, 2.05) is 30.3 Å². The molecule has 2 aromatic rings. The fourth-order valence-corrected chi connectivity index (χ4v) is 3.52. The van der Waals surface area contributed by atoms with Crippen LogP contribution in [0.4, 0.5) is 0 Å². The average Bonchev–Trinajstić information content (AvgIpc) is 3.23. The average molecular weight is 303 g/mol. The number of carbonyl (C=O) groups is 2. The van der Waals surface area contributed by atoms with E-state index in [-0.39, 0.29) is 17.9 Å². The Morgan fingerprint density at radius 1 is 1.33 bits per heavy atom. The molecule has 0 saturated heterocycles. The fraction of sp³-hybridized carbons (Fsp3) is 0.375. The van der Waals surface area contributed by atoms with Crippen molar-refractivity contribution in [1.29, 1.82) is 0 Å². The highest BCUT2D eigenvalue weighted by Gasteiger charge is 2.39. The molecule has 5 heteroatoms. The quantitative estimate of drug-likeness (QED) is 0.816. The molecule has 0 spiro atoms. The van der Waals surface area contributed by atoms with Gasteiger partial charge in [0.25, 0.3) is 5.91 Å². The second kappa shape index (κ2) is 5.48. The molecule has 1 aromatic carbocycles. The third-order valence-electron chi connectivity index (χ3n) is 3.77. The van der Waals surface area contributed by atoms with Gasteiger partial charge in [0.1, 0.15) is 6.04 Å². The number of hydrogen-bond donors (Lipinski definition) is 0. The van der Waals surface area contributed by atoms with Crippen LogP contribution in [0.25, 0.3) is 10.1 Å². The van der Waals surface area contributed by atoms with Gasteiger partial charge in [-0.2, -0.15) is 0 Å². The highest BCUT2D eigenvalue weighted by molar-refractivity contribution is 7.20. The van der Waals surface area contributed by atoms with Crippen LogP contribution < -0.4 is 0 Å². The fourth-order valence-electron chi connectivity index (χ4n) is 2.51. The van der Waals surface area contributed by atoms with Crippen molar-refractivity contribution in [1.82, 2.24) is 4.90 Å². The number of carbonyl (C=O) groups excluding carboxylic acids is 2. The predicted molar refractivity (Wildman–Crippen MR) is 82.5 cm³/mol. The Morgan fingerprint density at radius 2 is 2.05 bits per heavy atom. The smallest absolute Gasteiger partial charge is 0.328 e. The second-order valence-electron chi connectivity index (χ2n) is 5.29. The molecule has 1 unspecified atom stereocenters. The molecule has 0 aliphatic heterocycles. The minimum atomic E-state index is -0.541.